The topological polar surface area (TPSA) is 64.7 Å². The zero-order chi connectivity index (χ0) is 30.9. The van der Waals surface area contributed by atoms with E-state index in [1.807, 2.05) is 60.7 Å². The van der Waals surface area contributed by atoms with Gasteiger partial charge in [-0.3, -0.25) is 0 Å². The zero-order valence-electron chi connectivity index (χ0n) is 24.7. The fraction of sp³-hybridized carbons (Fsp3) is 0. The van der Waals surface area contributed by atoms with E-state index in [-0.39, 0.29) is 0 Å². The number of hydrogen-bond acceptors (Lipinski definition) is 7. The van der Waals surface area contributed by atoms with Crippen LogP contribution < -0.4 is 0 Å². The highest BCUT2D eigenvalue weighted by Gasteiger charge is 2.19. The number of rotatable bonds is 4. The summed E-state index contributed by atoms with van der Waals surface area (Å²) in [5.41, 5.74) is 5.42. The van der Waals surface area contributed by atoms with Gasteiger partial charge in [-0.05, 0) is 36.4 Å². The smallest absolute Gasteiger partial charge is 0.227 e. The van der Waals surface area contributed by atoms with Crippen LogP contribution in [-0.4, -0.2) is 19.9 Å². The van der Waals surface area contributed by atoms with E-state index in [1.165, 1.54) is 20.2 Å². The van der Waals surface area contributed by atoms with Gasteiger partial charge in [-0.1, -0.05) is 91.0 Å². The van der Waals surface area contributed by atoms with Crippen molar-refractivity contribution in [2.75, 3.05) is 0 Å². The van der Waals surface area contributed by atoms with Gasteiger partial charge in [0.1, 0.15) is 5.52 Å². The van der Waals surface area contributed by atoms with Crippen LogP contribution in [-0.2, 0) is 0 Å². The van der Waals surface area contributed by atoms with Crippen molar-refractivity contribution < 1.29 is 4.42 Å². The Morgan fingerprint density at radius 1 is 0.426 bits per heavy atom. The third-order valence-electron chi connectivity index (χ3n) is 8.57. The number of aromatic nitrogens is 4. The molecule has 220 valence electrons. The highest BCUT2D eigenvalue weighted by atomic mass is 32.1. The minimum absolute atomic E-state index is 0.619. The van der Waals surface area contributed by atoms with Gasteiger partial charge in [0.2, 0.25) is 5.89 Å². The van der Waals surface area contributed by atoms with Crippen molar-refractivity contribution in [3.05, 3.63) is 133 Å². The highest BCUT2D eigenvalue weighted by Crippen LogP contribution is 2.42. The monoisotopic (exact) mass is 638 g/mol. The number of fused-ring (bicyclic) bond motifs is 7. The molecule has 0 unspecified atom stereocenters. The Kier molecular flexibility index (Phi) is 5.85. The molecule has 0 N–H and O–H groups in total. The van der Waals surface area contributed by atoms with Crippen LogP contribution >= 0.6 is 22.7 Å². The minimum atomic E-state index is 0.619. The molecule has 4 heterocycles. The van der Waals surface area contributed by atoms with E-state index >= 15 is 0 Å². The zero-order valence-corrected chi connectivity index (χ0v) is 26.3. The molecule has 0 radical (unpaired) electrons. The van der Waals surface area contributed by atoms with E-state index in [1.54, 1.807) is 22.7 Å². The summed E-state index contributed by atoms with van der Waals surface area (Å²) in [7, 11) is 0. The fourth-order valence-corrected chi connectivity index (χ4v) is 8.63. The second-order valence-electron chi connectivity index (χ2n) is 11.5. The van der Waals surface area contributed by atoms with Crippen molar-refractivity contribution in [1.82, 2.24) is 19.9 Å². The molecule has 0 saturated carbocycles. The molecule has 0 fully saturated rings. The molecular weight excluding hydrogens is 617 g/mol. The van der Waals surface area contributed by atoms with Gasteiger partial charge >= 0.3 is 0 Å². The maximum atomic E-state index is 6.22. The lowest BCUT2D eigenvalue weighted by atomic mass is 10.0. The molecule has 0 aliphatic carbocycles. The van der Waals surface area contributed by atoms with Crippen LogP contribution in [0, 0.1) is 0 Å². The summed E-state index contributed by atoms with van der Waals surface area (Å²) in [6.45, 7) is 0. The molecule has 0 saturated heterocycles. The molecule has 10 aromatic rings. The summed E-state index contributed by atoms with van der Waals surface area (Å²) in [5, 5.41) is 4.73. The Hall–Kier alpha value is -5.76. The first-order valence-corrected chi connectivity index (χ1v) is 16.9. The van der Waals surface area contributed by atoms with E-state index in [4.69, 9.17) is 24.4 Å². The van der Waals surface area contributed by atoms with Gasteiger partial charge in [0, 0.05) is 68.7 Å². The molecule has 4 aromatic heterocycles. The normalized spacial score (nSPS) is 11.8. The van der Waals surface area contributed by atoms with Crippen molar-refractivity contribution >= 4 is 74.1 Å². The predicted octanol–water partition coefficient (Wildman–Crippen LogP) is 11.4. The number of benzene rings is 6. The molecule has 6 aromatic carbocycles. The van der Waals surface area contributed by atoms with Gasteiger partial charge < -0.3 is 4.42 Å². The van der Waals surface area contributed by atoms with Crippen molar-refractivity contribution in [2.45, 2.75) is 0 Å². The van der Waals surface area contributed by atoms with E-state index in [0.29, 0.717) is 23.4 Å². The van der Waals surface area contributed by atoms with E-state index in [2.05, 4.69) is 72.8 Å². The molecule has 47 heavy (non-hydrogen) atoms. The number of oxazole rings is 1. The largest absolute Gasteiger partial charge is 0.436 e. The molecule has 0 aliphatic heterocycles. The van der Waals surface area contributed by atoms with Crippen molar-refractivity contribution in [3.63, 3.8) is 0 Å². The lowest BCUT2D eigenvalue weighted by molar-refractivity contribution is 0.620. The van der Waals surface area contributed by atoms with Gasteiger partial charge in [0.25, 0.3) is 0 Å². The van der Waals surface area contributed by atoms with Crippen molar-refractivity contribution in [1.29, 1.82) is 0 Å². The molecule has 10 rings (SSSR count). The van der Waals surface area contributed by atoms with Crippen LogP contribution in [0.5, 0.6) is 0 Å². The van der Waals surface area contributed by atoms with Crippen molar-refractivity contribution in [3.8, 4) is 45.6 Å². The summed E-state index contributed by atoms with van der Waals surface area (Å²) >= 11 is 3.53. The average Bonchev–Trinajstić information content (AvgIpc) is 3.83. The maximum absolute atomic E-state index is 6.22. The summed E-state index contributed by atoms with van der Waals surface area (Å²) in [5.74, 6) is 2.55. The van der Waals surface area contributed by atoms with E-state index < -0.39 is 0 Å². The Bertz CT molecular complexity index is 2800. The van der Waals surface area contributed by atoms with Crippen LogP contribution in [0.15, 0.2) is 138 Å². The van der Waals surface area contributed by atoms with Crippen LogP contribution in [0.25, 0.3) is 97.1 Å². The third kappa shape index (κ3) is 4.35. The van der Waals surface area contributed by atoms with Crippen molar-refractivity contribution in [2.24, 2.45) is 0 Å². The third-order valence-corrected chi connectivity index (χ3v) is 10.8. The van der Waals surface area contributed by atoms with E-state index in [0.717, 1.165) is 53.5 Å². The van der Waals surface area contributed by atoms with Crippen LogP contribution in [0.2, 0.25) is 0 Å². The second kappa shape index (κ2) is 10.4. The summed E-state index contributed by atoms with van der Waals surface area (Å²) in [6.07, 6.45) is 0. The molecule has 5 nitrogen and oxygen atoms in total. The summed E-state index contributed by atoms with van der Waals surface area (Å²) < 4.78 is 11.0. The maximum Gasteiger partial charge on any atom is 0.227 e. The Balaban J connectivity index is 1.19. The quantitative estimate of drug-likeness (QED) is 0.192. The van der Waals surface area contributed by atoms with Gasteiger partial charge in [-0.15, -0.1) is 22.7 Å². The highest BCUT2D eigenvalue weighted by molar-refractivity contribution is 7.26. The first-order chi connectivity index (χ1) is 23.2. The van der Waals surface area contributed by atoms with Crippen LogP contribution in [0.3, 0.4) is 0 Å². The Morgan fingerprint density at radius 3 is 1.94 bits per heavy atom. The SMILES string of the molecule is c1ccc(-c2nc(-c3ccc4c(c3)sc3ccccc34)nc(-c3cccc4sc5cc6oc(-c7ccccc7)nc6cc5c34)n2)cc1. The Labute approximate surface area is 276 Å². The van der Waals surface area contributed by atoms with Crippen LogP contribution in [0.1, 0.15) is 0 Å². The first-order valence-electron chi connectivity index (χ1n) is 15.3. The number of thiophene rings is 2. The van der Waals surface area contributed by atoms with E-state index in [9.17, 15) is 0 Å². The summed E-state index contributed by atoms with van der Waals surface area (Å²) in [6, 6.07) is 45.8. The average molecular weight is 639 g/mol. The molecule has 7 heteroatoms. The Morgan fingerprint density at radius 2 is 1.09 bits per heavy atom. The van der Waals surface area contributed by atoms with Gasteiger partial charge in [-0.2, -0.15) is 0 Å². The first kappa shape index (κ1) is 26.5. The second-order valence-corrected chi connectivity index (χ2v) is 13.6. The summed E-state index contributed by atoms with van der Waals surface area (Å²) in [4.78, 5) is 20.1. The minimum Gasteiger partial charge on any atom is -0.436 e. The lowest BCUT2D eigenvalue weighted by Gasteiger charge is -2.09. The number of hydrogen-bond donors (Lipinski definition) is 0. The van der Waals surface area contributed by atoms with Crippen LogP contribution in [0.4, 0.5) is 0 Å². The lowest BCUT2D eigenvalue weighted by Crippen LogP contribution is -2.00. The number of nitrogens with zero attached hydrogens (tertiary/aromatic N) is 4. The molecule has 0 amide bonds. The fourth-order valence-electron chi connectivity index (χ4n) is 6.34. The predicted molar refractivity (Wildman–Crippen MR) is 195 cm³/mol. The standard InChI is InChI=1S/C40H22N4OS2/c1-3-10-23(11-4-1)37-42-38(25-18-19-27-26-14-7-8-16-32(26)46-34(27)20-25)44-39(43-37)28-15-9-17-33-36(28)29-21-30-31(22-35(29)47-33)45-40(41-30)24-12-5-2-6-13-24/h1-22H. The van der Waals surface area contributed by atoms with Gasteiger partial charge in [-0.25, -0.2) is 19.9 Å². The van der Waals surface area contributed by atoms with Gasteiger partial charge in [0.15, 0.2) is 23.1 Å². The van der Waals surface area contributed by atoms with Gasteiger partial charge in [0.05, 0.1) is 0 Å². The molecule has 0 spiro atoms. The molecule has 0 aliphatic rings. The molecular formula is C40H22N4OS2. The molecule has 0 bridgehead atoms. The molecule has 0 atom stereocenters.